The van der Waals surface area contributed by atoms with Crippen molar-refractivity contribution in [2.24, 2.45) is 0 Å². The van der Waals surface area contributed by atoms with E-state index in [4.69, 9.17) is 10.5 Å². The number of nitrogens with zero attached hydrogens (tertiary/aromatic N) is 2. The molecule has 0 unspecified atom stereocenters. The summed E-state index contributed by atoms with van der Waals surface area (Å²) in [7, 11) is 0. The summed E-state index contributed by atoms with van der Waals surface area (Å²) in [6.07, 6.45) is 4.82. The third kappa shape index (κ3) is 5.07. The zero-order valence-electron chi connectivity index (χ0n) is 11.6. The van der Waals surface area contributed by atoms with E-state index in [1.54, 1.807) is 0 Å². The normalized spacial score (nSPS) is 16.2. The molecule has 2 heterocycles. The van der Waals surface area contributed by atoms with E-state index in [0.717, 1.165) is 45.7 Å². The van der Waals surface area contributed by atoms with Crippen LogP contribution >= 0.6 is 11.3 Å². The average molecular weight is 298 g/mol. The van der Waals surface area contributed by atoms with Gasteiger partial charge in [-0.15, -0.1) is 0 Å². The summed E-state index contributed by atoms with van der Waals surface area (Å²) in [4.78, 5) is 18.6. The molecule has 0 saturated carbocycles. The van der Waals surface area contributed by atoms with Crippen LogP contribution in [0.25, 0.3) is 0 Å². The van der Waals surface area contributed by atoms with Crippen LogP contribution in [0.15, 0.2) is 6.20 Å². The molecule has 1 amide bonds. The number of amides is 1. The third-order valence-electron chi connectivity index (χ3n) is 3.29. The molecule has 0 spiro atoms. The molecule has 0 radical (unpaired) electrons. The molecule has 1 aliphatic rings. The summed E-state index contributed by atoms with van der Waals surface area (Å²) < 4.78 is 5.31. The number of morpholine rings is 1. The maximum absolute atomic E-state index is 11.7. The molecule has 3 N–H and O–H groups in total. The van der Waals surface area contributed by atoms with E-state index in [2.05, 4.69) is 15.2 Å². The molecule has 20 heavy (non-hydrogen) atoms. The summed E-state index contributed by atoms with van der Waals surface area (Å²) in [5.74, 6) is -0.0765. The van der Waals surface area contributed by atoms with Crippen molar-refractivity contribution >= 4 is 22.4 Å². The largest absolute Gasteiger partial charge is 0.379 e. The lowest BCUT2D eigenvalue weighted by molar-refractivity contribution is 0.0371. The van der Waals surface area contributed by atoms with E-state index in [-0.39, 0.29) is 5.91 Å². The van der Waals surface area contributed by atoms with Crippen molar-refractivity contribution in [2.75, 3.05) is 45.1 Å². The van der Waals surface area contributed by atoms with Crippen LogP contribution in [0.3, 0.4) is 0 Å². The van der Waals surface area contributed by atoms with Crippen LogP contribution in [0, 0.1) is 0 Å². The molecule has 0 aliphatic carbocycles. The average Bonchev–Trinajstić information content (AvgIpc) is 2.90. The van der Waals surface area contributed by atoms with Gasteiger partial charge in [0.15, 0.2) is 5.13 Å². The molecule has 1 fully saturated rings. The number of aromatic nitrogens is 1. The Morgan fingerprint density at radius 2 is 2.20 bits per heavy atom. The summed E-state index contributed by atoms with van der Waals surface area (Å²) >= 11 is 1.22. The van der Waals surface area contributed by atoms with Crippen LogP contribution in [-0.2, 0) is 4.74 Å². The second-order valence-electron chi connectivity index (χ2n) is 4.83. The highest BCUT2D eigenvalue weighted by Gasteiger charge is 2.10. The lowest BCUT2D eigenvalue weighted by atomic mass is 10.2. The number of hydrogen-bond acceptors (Lipinski definition) is 6. The molecule has 0 atom stereocenters. The molecular weight excluding hydrogens is 276 g/mol. The standard InChI is InChI=1S/C13H22N4O2S/c14-13-16-10-11(20-13)12(18)15-4-2-1-3-5-17-6-8-19-9-7-17/h10H,1-9H2,(H2,14,16)(H,15,18). The SMILES string of the molecule is Nc1ncc(C(=O)NCCCCCN2CCOCC2)s1. The number of carbonyl (C=O) groups is 1. The van der Waals surface area contributed by atoms with Gasteiger partial charge in [0.25, 0.3) is 5.91 Å². The minimum atomic E-state index is -0.0765. The van der Waals surface area contributed by atoms with Crippen LogP contribution in [0.5, 0.6) is 0 Å². The molecule has 0 aromatic carbocycles. The summed E-state index contributed by atoms with van der Waals surface area (Å²) in [5, 5.41) is 3.32. The van der Waals surface area contributed by atoms with Gasteiger partial charge in [0, 0.05) is 19.6 Å². The van der Waals surface area contributed by atoms with E-state index in [0.29, 0.717) is 16.6 Å². The Kier molecular flexibility index (Phi) is 6.23. The summed E-state index contributed by atoms with van der Waals surface area (Å²) in [6.45, 7) is 5.64. The first-order chi connectivity index (χ1) is 9.75. The van der Waals surface area contributed by atoms with Crippen molar-refractivity contribution < 1.29 is 9.53 Å². The lowest BCUT2D eigenvalue weighted by Crippen LogP contribution is -2.36. The number of nitrogens with one attached hydrogen (secondary N) is 1. The molecule has 2 rings (SSSR count). The first-order valence-electron chi connectivity index (χ1n) is 7.05. The van der Waals surface area contributed by atoms with Gasteiger partial charge in [-0.2, -0.15) is 0 Å². The highest BCUT2D eigenvalue weighted by Crippen LogP contribution is 2.13. The first kappa shape index (κ1) is 15.2. The Labute approximate surface area is 123 Å². The van der Waals surface area contributed by atoms with Crippen molar-refractivity contribution in [2.45, 2.75) is 19.3 Å². The van der Waals surface area contributed by atoms with Gasteiger partial charge in [0.05, 0.1) is 19.4 Å². The zero-order valence-corrected chi connectivity index (χ0v) is 12.5. The molecule has 0 bridgehead atoms. The Hall–Kier alpha value is -1.18. The quantitative estimate of drug-likeness (QED) is 0.733. The van der Waals surface area contributed by atoms with Gasteiger partial charge in [-0.05, 0) is 19.4 Å². The van der Waals surface area contributed by atoms with Crippen LogP contribution in [0.1, 0.15) is 28.9 Å². The Morgan fingerprint density at radius 3 is 2.90 bits per heavy atom. The van der Waals surface area contributed by atoms with E-state index in [9.17, 15) is 4.79 Å². The van der Waals surface area contributed by atoms with Crippen LogP contribution in [-0.4, -0.2) is 55.2 Å². The lowest BCUT2D eigenvalue weighted by Gasteiger charge is -2.26. The van der Waals surface area contributed by atoms with E-state index in [1.165, 1.54) is 24.0 Å². The zero-order chi connectivity index (χ0) is 14.2. The number of carbonyl (C=O) groups excluding carboxylic acids is 1. The van der Waals surface area contributed by atoms with Crippen molar-refractivity contribution in [3.8, 4) is 0 Å². The topological polar surface area (TPSA) is 80.5 Å². The van der Waals surface area contributed by atoms with E-state index >= 15 is 0 Å². The maximum Gasteiger partial charge on any atom is 0.263 e. The second kappa shape index (κ2) is 8.18. The number of rotatable bonds is 7. The predicted octanol–water partition coefficient (Wildman–Crippen LogP) is 0.958. The van der Waals surface area contributed by atoms with Gasteiger partial charge < -0.3 is 15.8 Å². The number of thiazole rings is 1. The predicted molar refractivity (Wildman–Crippen MR) is 80.0 cm³/mol. The van der Waals surface area contributed by atoms with E-state index in [1.807, 2.05) is 0 Å². The van der Waals surface area contributed by atoms with Crippen LogP contribution in [0.2, 0.25) is 0 Å². The molecule has 1 aromatic rings. The van der Waals surface area contributed by atoms with Crippen molar-refractivity contribution in [3.05, 3.63) is 11.1 Å². The minimum absolute atomic E-state index is 0.0765. The molecular formula is C13H22N4O2S. The fourth-order valence-corrected chi connectivity index (χ4v) is 2.74. The molecule has 112 valence electrons. The molecule has 1 aliphatic heterocycles. The fourth-order valence-electron chi connectivity index (χ4n) is 2.14. The highest BCUT2D eigenvalue weighted by molar-refractivity contribution is 7.17. The van der Waals surface area contributed by atoms with Gasteiger partial charge in [-0.3, -0.25) is 9.69 Å². The molecule has 6 nitrogen and oxygen atoms in total. The fraction of sp³-hybridized carbons (Fsp3) is 0.692. The Balaban J connectivity index is 1.50. The summed E-state index contributed by atoms with van der Waals surface area (Å²) in [6, 6.07) is 0. The highest BCUT2D eigenvalue weighted by atomic mass is 32.1. The first-order valence-corrected chi connectivity index (χ1v) is 7.87. The van der Waals surface area contributed by atoms with Gasteiger partial charge in [-0.25, -0.2) is 4.98 Å². The van der Waals surface area contributed by atoms with Crippen molar-refractivity contribution in [3.63, 3.8) is 0 Å². The number of nitrogens with two attached hydrogens (primary N) is 1. The number of hydrogen-bond donors (Lipinski definition) is 2. The molecule has 1 aromatic heterocycles. The van der Waals surface area contributed by atoms with Crippen LogP contribution < -0.4 is 11.1 Å². The monoisotopic (exact) mass is 298 g/mol. The van der Waals surface area contributed by atoms with Crippen LogP contribution in [0.4, 0.5) is 5.13 Å². The number of nitrogen functional groups attached to an aromatic ring is 1. The Bertz CT molecular complexity index is 418. The summed E-state index contributed by atoms with van der Waals surface area (Å²) in [5.41, 5.74) is 5.50. The second-order valence-corrected chi connectivity index (χ2v) is 5.90. The number of anilines is 1. The maximum atomic E-state index is 11.7. The van der Waals surface area contributed by atoms with Gasteiger partial charge >= 0.3 is 0 Å². The Morgan fingerprint density at radius 1 is 1.40 bits per heavy atom. The smallest absolute Gasteiger partial charge is 0.263 e. The van der Waals surface area contributed by atoms with Gasteiger partial charge in [-0.1, -0.05) is 17.8 Å². The number of unbranched alkanes of at least 4 members (excludes halogenated alkanes) is 2. The molecule has 7 heteroatoms. The van der Waals surface area contributed by atoms with Gasteiger partial charge in [0.1, 0.15) is 4.88 Å². The van der Waals surface area contributed by atoms with Crippen molar-refractivity contribution in [1.29, 1.82) is 0 Å². The van der Waals surface area contributed by atoms with E-state index < -0.39 is 0 Å². The minimum Gasteiger partial charge on any atom is -0.379 e. The van der Waals surface area contributed by atoms with Crippen molar-refractivity contribution in [1.82, 2.24) is 15.2 Å². The third-order valence-corrected chi connectivity index (χ3v) is 4.11. The van der Waals surface area contributed by atoms with Gasteiger partial charge in [0.2, 0.25) is 0 Å². The number of ether oxygens (including phenoxy) is 1. The molecule has 1 saturated heterocycles.